The minimum absolute atomic E-state index is 0.251. The van der Waals surface area contributed by atoms with Gasteiger partial charge in [-0.2, -0.15) is 0 Å². The fraction of sp³-hybridized carbons (Fsp3) is 0.579. The smallest absolute Gasteiger partial charge is 0.107 e. The molecule has 0 spiro atoms. The van der Waals surface area contributed by atoms with Crippen molar-refractivity contribution in [3.05, 3.63) is 35.4 Å². The van der Waals surface area contributed by atoms with Gasteiger partial charge in [-0.25, -0.2) is 0 Å². The standard InChI is InChI=1S/C19H29NO2/c1-5-11-22-15-19(21)14-20(10-9-16(2)3)13-18-8-6-7-17(4)12-18/h1,6-8,12,16,19,21H,9-11,13-15H2,2-4H3/t19-/m1/s1. The highest BCUT2D eigenvalue weighted by molar-refractivity contribution is 5.22. The molecule has 0 fully saturated rings. The molecule has 3 heteroatoms. The van der Waals surface area contributed by atoms with Crippen molar-refractivity contribution >= 4 is 0 Å². The molecule has 0 aromatic heterocycles. The fourth-order valence-corrected chi connectivity index (χ4v) is 2.35. The molecule has 1 aromatic carbocycles. The Morgan fingerprint density at radius 2 is 2.14 bits per heavy atom. The van der Waals surface area contributed by atoms with Crippen LogP contribution in [-0.4, -0.2) is 42.4 Å². The van der Waals surface area contributed by atoms with Crippen molar-refractivity contribution < 1.29 is 9.84 Å². The van der Waals surface area contributed by atoms with Crippen molar-refractivity contribution in [2.45, 2.75) is 39.8 Å². The number of aliphatic hydroxyl groups is 1. The van der Waals surface area contributed by atoms with Gasteiger partial charge < -0.3 is 9.84 Å². The van der Waals surface area contributed by atoms with E-state index in [9.17, 15) is 5.11 Å². The first-order chi connectivity index (χ1) is 10.5. The number of hydrogen-bond acceptors (Lipinski definition) is 3. The van der Waals surface area contributed by atoms with E-state index in [0.29, 0.717) is 12.5 Å². The first-order valence-corrected chi connectivity index (χ1v) is 7.98. The number of benzene rings is 1. The molecule has 0 aliphatic heterocycles. The summed E-state index contributed by atoms with van der Waals surface area (Å²) in [7, 11) is 0. The zero-order valence-corrected chi connectivity index (χ0v) is 14.1. The summed E-state index contributed by atoms with van der Waals surface area (Å²) in [6.07, 6.45) is 5.75. The zero-order chi connectivity index (χ0) is 16.4. The molecule has 0 unspecified atom stereocenters. The van der Waals surface area contributed by atoms with Crippen molar-refractivity contribution in [1.29, 1.82) is 0 Å². The molecule has 0 aliphatic carbocycles. The maximum absolute atomic E-state index is 10.1. The Morgan fingerprint density at radius 3 is 2.77 bits per heavy atom. The first-order valence-electron chi connectivity index (χ1n) is 7.98. The minimum atomic E-state index is -0.509. The van der Waals surface area contributed by atoms with Gasteiger partial charge in [0.1, 0.15) is 6.61 Å². The molecule has 1 aromatic rings. The summed E-state index contributed by atoms with van der Waals surface area (Å²) < 4.78 is 5.23. The number of rotatable bonds is 10. The van der Waals surface area contributed by atoms with Crippen molar-refractivity contribution in [2.75, 3.05) is 26.3 Å². The molecule has 122 valence electrons. The monoisotopic (exact) mass is 303 g/mol. The van der Waals surface area contributed by atoms with E-state index in [4.69, 9.17) is 11.2 Å². The van der Waals surface area contributed by atoms with E-state index in [1.807, 2.05) is 0 Å². The molecule has 0 aliphatic rings. The number of aliphatic hydroxyl groups excluding tert-OH is 1. The maximum atomic E-state index is 10.1. The molecule has 3 nitrogen and oxygen atoms in total. The average molecular weight is 303 g/mol. The molecule has 0 saturated carbocycles. The van der Waals surface area contributed by atoms with E-state index in [1.54, 1.807) is 0 Å². The molecule has 1 atom stereocenters. The van der Waals surface area contributed by atoms with Crippen LogP contribution in [0.15, 0.2) is 24.3 Å². The third kappa shape index (κ3) is 8.19. The Balaban J connectivity index is 2.57. The summed E-state index contributed by atoms with van der Waals surface area (Å²) in [5.41, 5.74) is 2.54. The second-order valence-corrected chi connectivity index (χ2v) is 6.28. The number of nitrogens with zero attached hydrogens (tertiary/aromatic N) is 1. The van der Waals surface area contributed by atoms with Crippen LogP contribution in [0.25, 0.3) is 0 Å². The second-order valence-electron chi connectivity index (χ2n) is 6.28. The lowest BCUT2D eigenvalue weighted by Gasteiger charge is -2.26. The van der Waals surface area contributed by atoms with Crippen LogP contribution in [-0.2, 0) is 11.3 Å². The summed E-state index contributed by atoms with van der Waals surface area (Å²) in [6.45, 7) is 9.50. The van der Waals surface area contributed by atoms with Crippen molar-refractivity contribution in [3.63, 3.8) is 0 Å². The lowest BCUT2D eigenvalue weighted by Crippen LogP contribution is -2.35. The average Bonchev–Trinajstić information content (AvgIpc) is 2.45. The zero-order valence-electron chi connectivity index (χ0n) is 14.1. The van der Waals surface area contributed by atoms with Crippen LogP contribution in [0, 0.1) is 25.2 Å². The predicted molar refractivity (Wildman–Crippen MR) is 91.6 cm³/mol. The Bertz CT molecular complexity index is 465. The fourth-order valence-electron chi connectivity index (χ4n) is 2.35. The molecule has 0 bridgehead atoms. The Labute approximate surface area is 135 Å². The molecule has 0 amide bonds. The van der Waals surface area contributed by atoms with Gasteiger partial charge in [0.05, 0.1) is 12.7 Å². The minimum Gasteiger partial charge on any atom is -0.389 e. The summed E-state index contributed by atoms with van der Waals surface area (Å²) >= 11 is 0. The molecule has 0 saturated heterocycles. The first kappa shape index (κ1) is 18.7. The molecule has 1 N–H and O–H groups in total. The third-order valence-electron chi connectivity index (χ3n) is 3.48. The summed E-state index contributed by atoms with van der Waals surface area (Å²) in [6, 6.07) is 8.52. The van der Waals surface area contributed by atoms with Gasteiger partial charge in [0, 0.05) is 13.1 Å². The third-order valence-corrected chi connectivity index (χ3v) is 3.48. The van der Waals surface area contributed by atoms with Crippen molar-refractivity contribution in [1.82, 2.24) is 4.90 Å². The molecular formula is C19H29NO2. The largest absolute Gasteiger partial charge is 0.389 e. The molecule has 22 heavy (non-hydrogen) atoms. The van der Waals surface area contributed by atoms with Gasteiger partial charge in [0.15, 0.2) is 0 Å². The van der Waals surface area contributed by atoms with Gasteiger partial charge in [-0.3, -0.25) is 4.90 Å². The van der Waals surface area contributed by atoms with Crippen molar-refractivity contribution in [2.24, 2.45) is 5.92 Å². The second kappa shape index (κ2) is 10.4. The quantitative estimate of drug-likeness (QED) is 0.533. The van der Waals surface area contributed by atoms with Crippen LogP contribution in [0.2, 0.25) is 0 Å². The van der Waals surface area contributed by atoms with Gasteiger partial charge in [0.2, 0.25) is 0 Å². The Kier molecular flexibility index (Phi) is 8.84. The highest BCUT2D eigenvalue weighted by Crippen LogP contribution is 2.11. The Hall–Kier alpha value is -1.34. The van der Waals surface area contributed by atoms with E-state index in [0.717, 1.165) is 19.5 Å². The van der Waals surface area contributed by atoms with Crippen molar-refractivity contribution in [3.8, 4) is 12.3 Å². The van der Waals surface area contributed by atoms with Gasteiger partial charge in [-0.15, -0.1) is 6.42 Å². The van der Waals surface area contributed by atoms with Crippen LogP contribution in [0.1, 0.15) is 31.4 Å². The van der Waals surface area contributed by atoms with Gasteiger partial charge >= 0.3 is 0 Å². The lowest BCUT2D eigenvalue weighted by molar-refractivity contribution is 0.0252. The lowest BCUT2D eigenvalue weighted by atomic mass is 10.1. The summed E-state index contributed by atoms with van der Waals surface area (Å²) in [5, 5.41) is 10.1. The summed E-state index contributed by atoms with van der Waals surface area (Å²) in [4.78, 5) is 2.29. The van der Waals surface area contributed by atoms with Crippen LogP contribution >= 0.6 is 0 Å². The molecule has 0 heterocycles. The van der Waals surface area contributed by atoms with E-state index < -0.39 is 6.10 Å². The van der Waals surface area contributed by atoms with Crippen LogP contribution in [0.4, 0.5) is 0 Å². The Morgan fingerprint density at radius 1 is 1.36 bits per heavy atom. The van der Waals surface area contributed by atoms with Gasteiger partial charge in [-0.05, 0) is 31.4 Å². The van der Waals surface area contributed by atoms with Crippen LogP contribution in [0.3, 0.4) is 0 Å². The normalized spacial score (nSPS) is 12.6. The molecule has 1 rings (SSSR count). The van der Waals surface area contributed by atoms with Gasteiger partial charge in [-0.1, -0.05) is 49.6 Å². The number of terminal acetylenes is 1. The van der Waals surface area contributed by atoms with E-state index in [-0.39, 0.29) is 13.2 Å². The van der Waals surface area contributed by atoms with E-state index >= 15 is 0 Å². The SMILES string of the molecule is C#CCOC[C@H](O)CN(CCC(C)C)Cc1cccc(C)c1. The highest BCUT2D eigenvalue weighted by atomic mass is 16.5. The predicted octanol–water partition coefficient (Wildman–Crippen LogP) is 2.85. The summed E-state index contributed by atoms with van der Waals surface area (Å²) in [5.74, 6) is 3.06. The number of aryl methyl sites for hydroxylation is 1. The maximum Gasteiger partial charge on any atom is 0.107 e. The van der Waals surface area contributed by atoms with Crippen LogP contribution < -0.4 is 0 Å². The van der Waals surface area contributed by atoms with E-state index in [2.05, 4.69) is 55.9 Å². The topological polar surface area (TPSA) is 32.7 Å². The number of hydrogen-bond donors (Lipinski definition) is 1. The van der Waals surface area contributed by atoms with Crippen LogP contribution in [0.5, 0.6) is 0 Å². The number of ether oxygens (including phenoxy) is 1. The molecule has 0 radical (unpaired) electrons. The van der Waals surface area contributed by atoms with E-state index in [1.165, 1.54) is 11.1 Å². The highest BCUT2D eigenvalue weighted by Gasteiger charge is 2.13. The van der Waals surface area contributed by atoms with Gasteiger partial charge in [0.25, 0.3) is 0 Å². The molecular weight excluding hydrogens is 274 g/mol.